The minimum absolute atomic E-state index is 0.0480. The standard InChI is InChI=1S/C10H12O3/c1-7(11)10(13-2)8-3-5-9(12)6-4-8/h3-6,10,12H,1-2H3. The molecule has 1 N–H and O–H groups in total. The van der Waals surface area contributed by atoms with Crippen LogP contribution < -0.4 is 0 Å². The summed E-state index contributed by atoms with van der Waals surface area (Å²) in [7, 11) is 1.49. The van der Waals surface area contributed by atoms with Gasteiger partial charge in [-0.25, -0.2) is 0 Å². The number of phenols is 1. The van der Waals surface area contributed by atoms with Crippen LogP contribution in [-0.2, 0) is 9.53 Å². The lowest BCUT2D eigenvalue weighted by Gasteiger charge is -2.11. The first-order chi connectivity index (χ1) is 6.15. The van der Waals surface area contributed by atoms with E-state index in [1.807, 2.05) is 0 Å². The molecule has 3 nitrogen and oxygen atoms in total. The number of methoxy groups -OCH3 is 1. The highest BCUT2D eigenvalue weighted by Crippen LogP contribution is 2.19. The zero-order valence-corrected chi connectivity index (χ0v) is 7.65. The highest BCUT2D eigenvalue weighted by molar-refractivity contribution is 5.81. The van der Waals surface area contributed by atoms with Gasteiger partial charge >= 0.3 is 0 Å². The lowest BCUT2D eigenvalue weighted by Crippen LogP contribution is -2.10. The highest BCUT2D eigenvalue weighted by Gasteiger charge is 2.14. The van der Waals surface area contributed by atoms with Crippen LogP contribution in [0, 0.1) is 0 Å². The largest absolute Gasteiger partial charge is 0.508 e. The number of benzene rings is 1. The Hall–Kier alpha value is -1.35. The molecule has 0 aromatic heterocycles. The van der Waals surface area contributed by atoms with Gasteiger partial charge in [-0.15, -0.1) is 0 Å². The summed E-state index contributed by atoms with van der Waals surface area (Å²) in [5.74, 6) is 0.135. The second-order valence-electron chi connectivity index (χ2n) is 2.82. The SMILES string of the molecule is COC(C(C)=O)c1ccc(O)cc1. The van der Waals surface area contributed by atoms with Crippen LogP contribution in [0.15, 0.2) is 24.3 Å². The number of ether oxygens (including phenoxy) is 1. The van der Waals surface area contributed by atoms with Crippen molar-refractivity contribution in [3.63, 3.8) is 0 Å². The van der Waals surface area contributed by atoms with Crippen LogP contribution in [0.3, 0.4) is 0 Å². The minimum Gasteiger partial charge on any atom is -0.508 e. The molecule has 0 aliphatic heterocycles. The number of hydrogen-bond donors (Lipinski definition) is 1. The van der Waals surface area contributed by atoms with E-state index in [0.29, 0.717) is 0 Å². The lowest BCUT2D eigenvalue weighted by molar-refractivity contribution is -0.126. The number of hydrogen-bond acceptors (Lipinski definition) is 3. The number of aromatic hydroxyl groups is 1. The predicted octanol–water partition coefficient (Wildman–Crippen LogP) is 1.67. The fourth-order valence-electron chi connectivity index (χ4n) is 1.19. The molecule has 3 heteroatoms. The van der Waals surface area contributed by atoms with Crippen LogP contribution >= 0.6 is 0 Å². The molecule has 0 saturated carbocycles. The van der Waals surface area contributed by atoms with Crippen molar-refractivity contribution in [2.75, 3.05) is 7.11 Å². The summed E-state index contributed by atoms with van der Waals surface area (Å²) in [4.78, 5) is 11.1. The average Bonchev–Trinajstić information content (AvgIpc) is 2.09. The average molecular weight is 180 g/mol. The molecule has 0 fully saturated rings. The van der Waals surface area contributed by atoms with Gasteiger partial charge in [-0.1, -0.05) is 12.1 Å². The first-order valence-electron chi connectivity index (χ1n) is 3.97. The monoisotopic (exact) mass is 180 g/mol. The molecular weight excluding hydrogens is 168 g/mol. The van der Waals surface area contributed by atoms with E-state index in [-0.39, 0.29) is 11.5 Å². The van der Waals surface area contributed by atoms with Crippen LogP contribution in [0.4, 0.5) is 0 Å². The maximum atomic E-state index is 11.1. The molecule has 0 amide bonds. The summed E-state index contributed by atoms with van der Waals surface area (Å²) >= 11 is 0. The maximum Gasteiger partial charge on any atom is 0.163 e. The predicted molar refractivity (Wildman–Crippen MR) is 48.5 cm³/mol. The van der Waals surface area contributed by atoms with Gasteiger partial charge < -0.3 is 9.84 Å². The van der Waals surface area contributed by atoms with Crippen molar-refractivity contribution in [1.29, 1.82) is 0 Å². The summed E-state index contributed by atoms with van der Waals surface area (Å²) in [6.07, 6.45) is -0.527. The van der Waals surface area contributed by atoms with Crippen LogP contribution in [0.5, 0.6) is 5.75 Å². The number of Topliss-reactive ketones (excluding diaryl/α,β-unsaturated/α-hetero) is 1. The van der Waals surface area contributed by atoms with Crippen LogP contribution in [0.25, 0.3) is 0 Å². The number of carbonyl (C=O) groups excluding carboxylic acids is 1. The second kappa shape index (κ2) is 4.05. The van der Waals surface area contributed by atoms with Crippen molar-refractivity contribution < 1.29 is 14.6 Å². The van der Waals surface area contributed by atoms with Crippen molar-refractivity contribution in [2.45, 2.75) is 13.0 Å². The number of phenolic OH excluding ortho intramolecular Hbond substituents is 1. The molecular formula is C10H12O3. The van der Waals surface area contributed by atoms with E-state index < -0.39 is 6.10 Å². The second-order valence-corrected chi connectivity index (χ2v) is 2.82. The molecule has 1 aromatic rings. The molecule has 13 heavy (non-hydrogen) atoms. The summed E-state index contributed by atoms with van der Waals surface area (Å²) in [6, 6.07) is 6.41. The van der Waals surface area contributed by atoms with Gasteiger partial charge in [-0.05, 0) is 24.6 Å². The summed E-state index contributed by atoms with van der Waals surface area (Å²) in [6.45, 7) is 1.47. The fraction of sp³-hybridized carbons (Fsp3) is 0.300. The van der Waals surface area contributed by atoms with Crippen LogP contribution in [0.2, 0.25) is 0 Å². The first kappa shape index (κ1) is 9.74. The quantitative estimate of drug-likeness (QED) is 0.769. The van der Waals surface area contributed by atoms with Gasteiger partial charge in [-0.3, -0.25) is 4.79 Å². The molecule has 0 radical (unpaired) electrons. The summed E-state index contributed by atoms with van der Waals surface area (Å²) < 4.78 is 5.01. The molecule has 1 unspecified atom stereocenters. The first-order valence-corrected chi connectivity index (χ1v) is 3.97. The normalized spacial score (nSPS) is 12.5. The van der Waals surface area contributed by atoms with E-state index in [4.69, 9.17) is 9.84 Å². The molecule has 0 saturated heterocycles. The molecule has 0 heterocycles. The van der Waals surface area contributed by atoms with Crippen LogP contribution in [-0.4, -0.2) is 18.0 Å². The van der Waals surface area contributed by atoms with E-state index in [2.05, 4.69) is 0 Å². The highest BCUT2D eigenvalue weighted by atomic mass is 16.5. The topological polar surface area (TPSA) is 46.5 Å². The van der Waals surface area contributed by atoms with Crippen molar-refractivity contribution in [3.05, 3.63) is 29.8 Å². The third kappa shape index (κ3) is 2.29. The molecule has 1 rings (SSSR count). The van der Waals surface area contributed by atoms with Crippen molar-refractivity contribution >= 4 is 5.78 Å². The number of ketones is 1. The third-order valence-electron chi connectivity index (χ3n) is 1.80. The number of rotatable bonds is 3. The van der Waals surface area contributed by atoms with Gasteiger partial charge in [0.1, 0.15) is 11.9 Å². The third-order valence-corrected chi connectivity index (χ3v) is 1.80. The Balaban J connectivity index is 2.92. The minimum atomic E-state index is -0.527. The molecule has 70 valence electrons. The lowest BCUT2D eigenvalue weighted by atomic mass is 10.1. The van der Waals surface area contributed by atoms with E-state index >= 15 is 0 Å². The van der Waals surface area contributed by atoms with Gasteiger partial charge in [0, 0.05) is 7.11 Å². The van der Waals surface area contributed by atoms with Crippen molar-refractivity contribution in [2.24, 2.45) is 0 Å². The van der Waals surface area contributed by atoms with Crippen LogP contribution in [0.1, 0.15) is 18.6 Å². The van der Waals surface area contributed by atoms with Gasteiger partial charge in [0.15, 0.2) is 5.78 Å². The zero-order valence-electron chi connectivity index (χ0n) is 7.65. The van der Waals surface area contributed by atoms with Gasteiger partial charge in [0.2, 0.25) is 0 Å². The Bertz CT molecular complexity index is 290. The fourth-order valence-corrected chi connectivity index (χ4v) is 1.19. The molecule has 0 spiro atoms. The van der Waals surface area contributed by atoms with Gasteiger partial charge in [-0.2, -0.15) is 0 Å². The molecule has 1 atom stereocenters. The summed E-state index contributed by atoms with van der Waals surface area (Å²) in [5, 5.41) is 9.02. The van der Waals surface area contributed by atoms with Crippen molar-refractivity contribution in [1.82, 2.24) is 0 Å². The zero-order chi connectivity index (χ0) is 9.84. The Morgan fingerprint density at radius 1 is 1.38 bits per heavy atom. The van der Waals surface area contributed by atoms with Crippen molar-refractivity contribution in [3.8, 4) is 5.75 Å². The summed E-state index contributed by atoms with van der Waals surface area (Å²) in [5.41, 5.74) is 0.757. The Morgan fingerprint density at radius 3 is 2.31 bits per heavy atom. The maximum absolute atomic E-state index is 11.1. The molecule has 0 aliphatic carbocycles. The molecule has 1 aromatic carbocycles. The van der Waals surface area contributed by atoms with E-state index in [9.17, 15) is 4.79 Å². The van der Waals surface area contributed by atoms with E-state index in [1.54, 1.807) is 12.1 Å². The molecule has 0 aliphatic rings. The van der Waals surface area contributed by atoms with E-state index in [0.717, 1.165) is 5.56 Å². The Kier molecular flexibility index (Phi) is 3.03. The Morgan fingerprint density at radius 2 is 1.92 bits per heavy atom. The smallest absolute Gasteiger partial charge is 0.163 e. The Labute approximate surface area is 77.0 Å². The molecule has 0 bridgehead atoms. The van der Waals surface area contributed by atoms with E-state index in [1.165, 1.54) is 26.2 Å². The van der Waals surface area contributed by atoms with Gasteiger partial charge in [0.25, 0.3) is 0 Å². The number of carbonyl (C=O) groups is 1. The van der Waals surface area contributed by atoms with Gasteiger partial charge in [0.05, 0.1) is 0 Å².